The summed E-state index contributed by atoms with van der Waals surface area (Å²) in [6.45, 7) is 10.2. The van der Waals surface area contributed by atoms with Crippen molar-refractivity contribution in [1.29, 1.82) is 0 Å². The maximum Gasteiger partial charge on any atom is 0.239 e. The molecule has 2 unspecified atom stereocenters. The molecule has 1 rings (SSSR count). The van der Waals surface area contributed by atoms with Gasteiger partial charge in [-0.15, -0.1) is 0 Å². The van der Waals surface area contributed by atoms with Crippen molar-refractivity contribution in [2.24, 2.45) is 11.7 Å². The number of thioether (sulfide) groups is 1. The lowest BCUT2D eigenvalue weighted by molar-refractivity contribution is -0.133. The summed E-state index contributed by atoms with van der Waals surface area (Å²) in [6, 6.07) is -0.317. The predicted octanol–water partition coefficient (Wildman–Crippen LogP) is 1.71. The SMILES string of the molecule is CC(C)C[C@H](N)C(=O)N1CC(C)SC(C)C1. The van der Waals surface area contributed by atoms with Gasteiger partial charge in [0.05, 0.1) is 6.04 Å². The number of carbonyl (C=O) groups excluding carboxylic acids is 1. The van der Waals surface area contributed by atoms with Crippen LogP contribution in [-0.4, -0.2) is 40.4 Å². The van der Waals surface area contributed by atoms with Crippen LogP contribution in [0.5, 0.6) is 0 Å². The fourth-order valence-corrected chi connectivity index (χ4v) is 3.53. The number of hydrogen-bond donors (Lipinski definition) is 1. The van der Waals surface area contributed by atoms with Gasteiger partial charge in [0.1, 0.15) is 0 Å². The first kappa shape index (κ1) is 13.8. The van der Waals surface area contributed by atoms with Crippen LogP contribution in [0.3, 0.4) is 0 Å². The number of carbonyl (C=O) groups is 1. The summed E-state index contributed by atoms with van der Waals surface area (Å²) in [5.74, 6) is 0.612. The van der Waals surface area contributed by atoms with Gasteiger partial charge in [-0.2, -0.15) is 11.8 Å². The number of nitrogens with zero attached hydrogens (tertiary/aromatic N) is 1. The second kappa shape index (κ2) is 5.92. The van der Waals surface area contributed by atoms with Gasteiger partial charge in [-0.1, -0.05) is 27.7 Å². The minimum atomic E-state index is -0.317. The molecule has 1 heterocycles. The van der Waals surface area contributed by atoms with Crippen LogP contribution in [0, 0.1) is 5.92 Å². The lowest BCUT2D eigenvalue weighted by Gasteiger charge is -2.36. The molecule has 4 heteroatoms. The molecule has 0 aromatic carbocycles. The maximum absolute atomic E-state index is 12.1. The standard InChI is InChI=1S/C12H24N2OS/c1-8(2)5-11(13)12(15)14-6-9(3)16-10(4)7-14/h8-11H,5-7,13H2,1-4H3/t9?,10?,11-/m0/s1. The van der Waals surface area contributed by atoms with Gasteiger partial charge in [-0.3, -0.25) is 4.79 Å². The summed E-state index contributed by atoms with van der Waals surface area (Å²) in [5, 5.41) is 1.05. The van der Waals surface area contributed by atoms with Gasteiger partial charge in [-0.05, 0) is 12.3 Å². The number of nitrogens with two attached hydrogens (primary N) is 1. The Morgan fingerprint density at radius 3 is 2.31 bits per heavy atom. The van der Waals surface area contributed by atoms with E-state index in [0.717, 1.165) is 19.5 Å². The average Bonchev–Trinajstić information content (AvgIpc) is 2.13. The molecule has 1 saturated heterocycles. The molecule has 16 heavy (non-hydrogen) atoms. The average molecular weight is 244 g/mol. The Hall–Kier alpha value is -0.220. The lowest BCUT2D eigenvalue weighted by atomic mass is 10.0. The lowest BCUT2D eigenvalue weighted by Crippen LogP contribution is -2.50. The third-order valence-electron chi connectivity index (χ3n) is 2.77. The second-order valence-corrected chi connectivity index (χ2v) is 7.12. The van der Waals surface area contributed by atoms with E-state index in [4.69, 9.17) is 5.73 Å². The highest BCUT2D eigenvalue weighted by atomic mass is 32.2. The largest absolute Gasteiger partial charge is 0.339 e. The van der Waals surface area contributed by atoms with Gasteiger partial charge in [0.25, 0.3) is 0 Å². The summed E-state index contributed by atoms with van der Waals surface area (Å²) < 4.78 is 0. The molecule has 1 aliphatic heterocycles. The fourth-order valence-electron chi connectivity index (χ4n) is 2.20. The van der Waals surface area contributed by atoms with Crippen LogP contribution in [0.4, 0.5) is 0 Å². The Morgan fingerprint density at radius 2 is 1.88 bits per heavy atom. The highest BCUT2D eigenvalue weighted by molar-refractivity contribution is 8.00. The van der Waals surface area contributed by atoms with Crippen LogP contribution in [0.1, 0.15) is 34.1 Å². The van der Waals surface area contributed by atoms with E-state index >= 15 is 0 Å². The van der Waals surface area contributed by atoms with Gasteiger partial charge in [0, 0.05) is 23.6 Å². The van der Waals surface area contributed by atoms with E-state index < -0.39 is 0 Å². The van der Waals surface area contributed by atoms with Crippen molar-refractivity contribution in [3.63, 3.8) is 0 Å². The topological polar surface area (TPSA) is 46.3 Å². The van der Waals surface area contributed by atoms with Gasteiger partial charge in [0.15, 0.2) is 0 Å². The van der Waals surface area contributed by atoms with Crippen LogP contribution < -0.4 is 5.73 Å². The van der Waals surface area contributed by atoms with E-state index in [2.05, 4.69) is 27.7 Å². The van der Waals surface area contributed by atoms with Crippen molar-refractivity contribution >= 4 is 17.7 Å². The third kappa shape index (κ3) is 3.98. The Labute approximate surface area is 103 Å². The quantitative estimate of drug-likeness (QED) is 0.822. The molecule has 0 spiro atoms. The highest BCUT2D eigenvalue weighted by Crippen LogP contribution is 2.25. The summed E-state index contributed by atoms with van der Waals surface area (Å²) in [7, 11) is 0. The van der Waals surface area contributed by atoms with E-state index in [0.29, 0.717) is 16.4 Å². The van der Waals surface area contributed by atoms with Crippen molar-refractivity contribution in [2.45, 2.75) is 50.7 Å². The zero-order valence-corrected chi connectivity index (χ0v) is 11.6. The van der Waals surface area contributed by atoms with Gasteiger partial charge in [-0.25, -0.2) is 0 Å². The summed E-state index contributed by atoms with van der Waals surface area (Å²) in [6.07, 6.45) is 0.783. The molecule has 0 aromatic heterocycles. The predicted molar refractivity (Wildman–Crippen MR) is 70.5 cm³/mol. The van der Waals surface area contributed by atoms with E-state index in [1.54, 1.807) is 0 Å². The minimum absolute atomic E-state index is 0.132. The molecule has 3 nitrogen and oxygen atoms in total. The molecule has 94 valence electrons. The normalized spacial score (nSPS) is 28.2. The Kier molecular flexibility index (Phi) is 5.12. The second-order valence-electron chi connectivity index (χ2n) is 5.24. The van der Waals surface area contributed by atoms with Gasteiger partial charge >= 0.3 is 0 Å². The summed E-state index contributed by atoms with van der Waals surface area (Å²) >= 11 is 1.95. The molecular formula is C12H24N2OS. The third-order valence-corrected chi connectivity index (χ3v) is 4.00. The fraction of sp³-hybridized carbons (Fsp3) is 0.917. The Bertz CT molecular complexity index is 235. The first-order chi connectivity index (χ1) is 7.40. The molecule has 0 bridgehead atoms. The monoisotopic (exact) mass is 244 g/mol. The molecule has 0 saturated carbocycles. The minimum Gasteiger partial charge on any atom is -0.339 e. The van der Waals surface area contributed by atoms with Crippen LogP contribution in [-0.2, 0) is 4.79 Å². The molecular weight excluding hydrogens is 220 g/mol. The zero-order chi connectivity index (χ0) is 12.3. The van der Waals surface area contributed by atoms with Gasteiger partial charge < -0.3 is 10.6 Å². The summed E-state index contributed by atoms with van der Waals surface area (Å²) in [5.41, 5.74) is 5.94. The van der Waals surface area contributed by atoms with E-state index in [1.165, 1.54) is 0 Å². The molecule has 0 radical (unpaired) electrons. The smallest absolute Gasteiger partial charge is 0.239 e. The Morgan fingerprint density at radius 1 is 1.38 bits per heavy atom. The molecule has 3 atom stereocenters. The van der Waals surface area contributed by atoms with Crippen molar-refractivity contribution < 1.29 is 4.79 Å². The van der Waals surface area contributed by atoms with E-state index in [1.807, 2.05) is 16.7 Å². The van der Waals surface area contributed by atoms with Crippen molar-refractivity contribution in [1.82, 2.24) is 4.90 Å². The highest BCUT2D eigenvalue weighted by Gasteiger charge is 2.28. The van der Waals surface area contributed by atoms with Crippen LogP contribution in [0.2, 0.25) is 0 Å². The number of hydrogen-bond acceptors (Lipinski definition) is 3. The number of amides is 1. The van der Waals surface area contributed by atoms with Crippen molar-refractivity contribution in [3.05, 3.63) is 0 Å². The molecule has 0 aliphatic carbocycles. The molecule has 1 fully saturated rings. The molecule has 2 N–H and O–H groups in total. The molecule has 1 aliphatic rings. The maximum atomic E-state index is 12.1. The van der Waals surface area contributed by atoms with Crippen LogP contribution in [0.15, 0.2) is 0 Å². The first-order valence-electron chi connectivity index (χ1n) is 6.10. The Balaban J connectivity index is 2.52. The van der Waals surface area contributed by atoms with E-state index in [9.17, 15) is 4.79 Å². The number of rotatable bonds is 3. The summed E-state index contributed by atoms with van der Waals surface area (Å²) in [4.78, 5) is 14.1. The van der Waals surface area contributed by atoms with Crippen LogP contribution >= 0.6 is 11.8 Å². The zero-order valence-electron chi connectivity index (χ0n) is 10.8. The molecule has 0 aromatic rings. The van der Waals surface area contributed by atoms with Gasteiger partial charge in [0.2, 0.25) is 5.91 Å². The van der Waals surface area contributed by atoms with E-state index in [-0.39, 0.29) is 11.9 Å². The van der Waals surface area contributed by atoms with Crippen molar-refractivity contribution in [3.8, 4) is 0 Å². The van der Waals surface area contributed by atoms with Crippen LogP contribution in [0.25, 0.3) is 0 Å². The first-order valence-corrected chi connectivity index (χ1v) is 7.04. The molecule has 1 amide bonds. The van der Waals surface area contributed by atoms with Crippen molar-refractivity contribution in [2.75, 3.05) is 13.1 Å².